The zero-order chi connectivity index (χ0) is 12.6. The van der Waals surface area contributed by atoms with Gasteiger partial charge in [0.05, 0.1) is 0 Å². The van der Waals surface area contributed by atoms with Crippen LogP contribution in [-0.4, -0.2) is 19.1 Å². The van der Waals surface area contributed by atoms with E-state index >= 15 is 0 Å². The van der Waals surface area contributed by atoms with Crippen molar-refractivity contribution in [1.82, 2.24) is 19.1 Å². The summed E-state index contributed by atoms with van der Waals surface area (Å²) < 4.78 is 2.48. The Hall–Kier alpha value is -1.56. The summed E-state index contributed by atoms with van der Waals surface area (Å²) in [6, 6.07) is 0. The number of hydrogen-bond donors (Lipinski definition) is 1. The Kier molecular flexibility index (Phi) is 4.34. The van der Waals surface area contributed by atoms with E-state index in [0.29, 0.717) is 11.2 Å². The molecule has 0 bridgehead atoms. The Morgan fingerprint density at radius 3 is 2.50 bits per heavy atom. The fourth-order valence-corrected chi connectivity index (χ4v) is 1.84. The quantitative estimate of drug-likeness (QED) is 0.895. The molecular formula is C11H17ClN4O2. The number of fused-ring (bicyclic) bond motifs is 1. The fourth-order valence-electron chi connectivity index (χ4n) is 1.84. The Balaban J connectivity index is 0.00000162. The lowest BCUT2D eigenvalue weighted by molar-refractivity contribution is 0.708. The lowest BCUT2D eigenvalue weighted by Crippen LogP contribution is -2.36. The van der Waals surface area contributed by atoms with E-state index in [9.17, 15) is 9.59 Å². The maximum Gasteiger partial charge on any atom is 0.332 e. The van der Waals surface area contributed by atoms with Gasteiger partial charge in [-0.2, -0.15) is 0 Å². The Morgan fingerprint density at radius 2 is 1.89 bits per heavy atom. The molecular weight excluding hydrogens is 256 g/mol. The van der Waals surface area contributed by atoms with Gasteiger partial charge in [-0.25, -0.2) is 9.78 Å². The van der Waals surface area contributed by atoms with E-state index in [1.807, 2.05) is 0 Å². The molecule has 6 nitrogen and oxygen atoms in total. The summed E-state index contributed by atoms with van der Waals surface area (Å²) in [5, 5.41) is 0. The van der Waals surface area contributed by atoms with Crippen molar-refractivity contribution in [2.45, 2.75) is 26.2 Å². The molecule has 0 amide bonds. The summed E-state index contributed by atoms with van der Waals surface area (Å²) in [4.78, 5) is 30.9. The number of nitrogens with zero attached hydrogens (tertiary/aromatic N) is 3. The number of hydrogen-bond acceptors (Lipinski definition) is 3. The number of aryl methyl sites for hydroxylation is 2. The molecule has 100 valence electrons. The summed E-state index contributed by atoms with van der Waals surface area (Å²) in [5.41, 5.74) is 0.166. The normalized spacial score (nSPS) is 10.6. The minimum atomic E-state index is -0.351. The Morgan fingerprint density at radius 1 is 1.22 bits per heavy atom. The molecule has 1 N–H and O–H groups in total. The molecule has 0 aliphatic heterocycles. The average Bonchev–Trinajstić information content (AvgIpc) is 2.75. The van der Waals surface area contributed by atoms with Crippen molar-refractivity contribution >= 4 is 23.6 Å². The van der Waals surface area contributed by atoms with Gasteiger partial charge >= 0.3 is 5.69 Å². The first kappa shape index (κ1) is 14.5. The zero-order valence-corrected chi connectivity index (χ0v) is 11.5. The molecule has 0 aliphatic carbocycles. The molecule has 18 heavy (non-hydrogen) atoms. The summed E-state index contributed by atoms with van der Waals surface area (Å²) in [7, 11) is 3.09. The van der Waals surface area contributed by atoms with Crippen molar-refractivity contribution in [3.63, 3.8) is 0 Å². The number of rotatable bonds is 3. The molecule has 0 fully saturated rings. The highest BCUT2D eigenvalue weighted by Gasteiger charge is 2.12. The van der Waals surface area contributed by atoms with Crippen LogP contribution in [-0.2, 0) is 20.5 Å². The van der Waals surface area contributed by atoms with Crippen molar-refractivity contribution in [3.8, 4) is 0 Å². The van der Waals surface area contributed by atoms with Crippen LogP contribution < -0.4 is 11.2 Å². The molecule has 0 saturated heterocycles. The SMILES string of the molecule is CCCCc1nc2c([nH]1)c(=O)n(C)c(=O)n2C.Cl. The smallest absolute Gasteiger partial charge is 0.332 e. The van der Waals surface area contributed by atoms with Gasteiger partial charge < -0.3 is 4.98 Å². The Labute approximate surface area is 110 Å². The summed E-state index contributed by atoms with van der Waals surface area (Å²) in [5.74, 6) is 0.764. The third-order valence-corrected chi connectivity index (χ3v) is 2.91. The van der Waals surface area contributed by atoms with Gasteiger partial charge in [0.1, 0.15) is 11.3 Å². The minimum Gasteiger partial charge on any atom is -0.336 e. The van der Waals surface area contributed by atoms with Crippen molar-refractivity contribution in [3.05, 3.63) is 26.7 Å². The van der Waals surface area contributed by atoms with Crippen LogP contribution >= 0.6 is 12.4 Å². The predicted molar refractivity (Wildman–Crippen MR) is 72.4 cm³/mol. The summed E-state index contributed by atoms with van der Waals surface area (Å²) in [6.45, 7) is 2.09. The van der Waals surface area contributed by atoms with Crippen molar-refractivity contribution < 1.29 is 0 Å². The van der Waals surface area contributed by atoms with Crippen LogP contribution in [0, 0.1) is 0 Å². The number of nitrogens with one attached hydrogen (secondary N) is 1. The predicted octanol–water partition coefficient (Wildman–Crippen LogP) is 0.725. The molecule has 2 heterocycles. The van der Waals surface area contributed by atoms with Gasteiger partial charge in [0, 0.05) is 20.5 Å². The number of unbranched alkanes of at least 4 members (excludes halogenated alkanes) is 1. The molecule has 0 radical (unpaired) electrons. The highest BCUT2D eigenvalue weighted by atomic mass is 35.5. The second kappa shape index (κ2) is 5.39. The first-order valence-electron chi connectivity index (χ1n) is 5.70. The third kappa shape index (κ3) is 2.20. The van der Waals surface area contributed by atoms with Crippen LogP contribution in [0.3, 0.4) is 0 Å². The maximum absolute atomic E-state index is 11.9. The molecule has 0 atom stereocenters. The number of aromatic amines is 1. The highest BCUT2D eigenvalue weighted by molar-refractivity contribution is 5.85. The van der Waals surface area contributed by atoms with Gasteiger partial charge in [-0.05, 0) is 6.42 Å². The van der Waals surface area contributed by atoms with Gasteiger partial charge in [-0.1, -0.05) is 13.3 Å². The van der Waals surface area contributed by atoms with E-state index in [2.05, 4.69) is 16.9 Å². The van der Waals surface area contributed by atoms with Crippen LogP contribution in [0.15, 0.2) is 9.59 Å². The highest BCUT2D eigenvalue weighted by Crippen LogP contribution is 2.06. The van der Waals surface area contributed by atoms with E-state index < -0.39 is 0 Å². The van der Waals surface area contributed by atoms with Gasteiger partial charge in [0.15, 0.2) is 5.65 Å². The molecule has 2 aromatic heterocycles. The lowest BCUT2D eigenvalue weighted by atomic mass is 10.2. The second-order valence-electron chi connectivity index (χ2n) is 4.19. The zero-order valence-electron chi connectivity index (χ0n) is 10.7. The van der Waals surface area contributed by atoms with E-state index in [4.69, 9.17) is 0 Å². The minimum absolute atomic E-state index is 0. The first-order chi connectivity index (χ1) is 8.06. The fraction of sp³-hybridized carbons (Fsp3) is 0.545. The monoisotopic (exact) mass is 272 g/mol. The number of aromatic nitrogens is 4. The lowest BCUT2D eigenvalue weighted by Gasteiger charge is -2.00. The van der Waals surface area contributed by atoms with Gasteiger partial charge in [-0.15, -0.1) is 12.4 Å². The topological polar surface area (TPSA) is 72.7 Å². The molecule has 7 heteroatoms. The molecule has 0 spiro atoms. The van der Waals surface area contributed by atoms with Gasteiger partial charge in [-0.3, -0.25) is 13.9 Å². The van der Waals surface area contributed by atoms with Crippen LogP contribution in [0.4, 0.5) is 0 Å². The first-order valence-corrected chi connectivity index (χ1v) is 5.70. The van der Waals surface area contributed by atoms with Crippen molar-refractivity contribution in [1.29, 1.82) is 0 Å². The van der Waals surface area contributed by atoms with Crippen molar-refractivity contribution in [2.24, 2.45) is 14.1 Å². The molecule has 0 aliphatic rings. The largest absolute Gasteiger partial charge is 0.336 e. The summed E-state index contributed by atoms with van der Waals surface area (Å²) >= 11 is 0. The standard InChI is InChI=1S/C11H16N4O2.ClH/c1-4-5-6-7-12-8-9(13-7)14(2)11(17)15(3)10(8)16;/h4-6H2,1-3H3,(H,12,13);1H. The van der Waals surface area contributed by atoms with E-state index in [-0.39, 0.29) is 23.7 Å². The van der Waals surface area contributed by atoms with Crippen LogP contribution in [0.2, 0.25) is 0 Å². The Bertz CT molecular complexity index is 668. The molecule has 2 aromatic rings. The molecule has 2 rings (SSSR count). The molecule has 0 saturated carbocycles. The maximum atomic E-state index is 11.9. The van der Waals surface area contributed by atoms with E-state index in [1.54, 1.807) is 7.05 Å². The average molecular weight is 273 g/mol. The van der Waals surface area contributed by atoms with Crippen LogP contribution in [0.5, 0.6) is 0 Å². The van der Waals surface area contributed by atoms with Crippen LogP contribution in [0.1, 0.15) is 25.6 Å². The summed E-state index contributed by atoms with van der Waals surface area (Å²) in [6.07, 6.45) is 2.87. The third-order valence-electron chi connectivity index (χ3n) is 2.91. The molecule has 0 unspecified atom stereocenters. The number of imidazole rings is 1. The number of halogens is 1. The van der Waals surface area contributed by atoms with Crippen LogP contribution in [0.25, 0.3) is 11.2 Å². The van der Waals surface area contributed by atoms with Crippen molar-refractivity contribution in [2.75, 3.05) is 0 Å². The van der Waals surface area contributed by atoms with E-state index in [1.165, 1.54) is 11.6 Å². The van der Waals surface area contributed by atoms with E-state index in [0.717, 1.165) is 29.7 Å². The molecule has 0 aromatic carbocycles. The van der Waals surface area contributed by atoms with Gasteiger partial charge in [0.2, 0.25) is 0 Å². The second-order valence-corrected chi connectivity index (χ2v) is 4.19. The number of H-pyrrole nitrogens is 1. The van der Waals surface area contributed by atoms with Gasteiger partial charge in [0.25, 0.3) is 5.56 Å².